The number of amidine groups is 1. The van der Waals surface area contributed by atoms with E-state index in [1.807, 2.05) is 6.92 Å². The summed E-state index contributed by atoms with van der Waals surface area (Å²) in [5.41, 5.74) is 4.91. The number of nitrogens with zero attached hydrogens (tertiary/aromatic N) is 3. The Morgan fingerprint density at radius 3 is 3.00 bits per heavy atom. The molecule has 1 aromatic carbocycles. The molecule has 0 unspecified atom stereocenters. The molecule has 0 bridgehead atoms. The highest BCUT2D eigenvalue weighted by Gasteiger charge is 2.28. The fraction of sp³-hybridized carbons (Fsp3) is 0.565. The molecule has 1 atom stereocenters. The summed E-state index contributed by atoms with van der Waals surface area (Å²) in [6.07, 6.45) is 3.55. The Balaban J connectivity index is 1.60. The first-order valence-electron chi connectivity index (χ1n) is 10.7. The van der Waals surface area contributed by atoms with Crippen LogP contribution in [0.5, 0.6) is 0 Å². The van der Waals surface area contributed by atoms with Gasteiger partial charge in [-0.2, -0.15) is 0 Å². The number of aryl methyl sites for hydroxylation is 2. The first kappa shape index (κ1) is 20.6. The van der Waals surface area contributed by atoms with Gasteiger partial charge in [-0.15, -0.1) is 0 Å². The number of pyridine rings is 1. The number of aliphatic imine (C=N–C) groups is 1. The van der Waals surface area contributed by atoms with Crippen LogP contribution in [0.15, 0.2) is 28.2 Å². The lowest BCUT2D eigenvalue weighted by Crippen LogP contribution is -2.38. The molecule has 0 radical (unpaired) electrons. The van der Waals surface area contributed by atoms with E-state index in [1.165, 1.54) is 22.1 Å². The molecule has 0 N–H and O–H groups in total. The normalized spacial score (nSPS) is 20.6. The molecule has 0 saturated carbocycles. The van der Waals surface area contributed by atoms with E-state index >= 15 is 0 Å². The first-order chi connectivity index (χ1) is 14.1. The topological polar surface area (TPSA) is 47.0 Å². The number of benzene rings is 1. The van der Waals surface area contributed by atoms with Gasteiger partial charge in [-0.1, -0.05) is 11.6 Å². The lowest BCUT2D eigenvalue weighted by atomic mass is 10.1. The first-order valence-corrected chi connectivity index (χ1v) is 11.5. The zero-order valence-corrected chi connectivity index (χ0v) is 18.6. The summed E-state index contributed by atoms with van der Waals surface area (Å²) >= 11 is 1.71. The van der Waals surface area contributed by atoms with Gasteiger partial charge >= 0.3 is 0 Å². The highest BCUT2D eigenvalue weighted by molar-refractivity contribution is 8.13. The Hall–Kier alpha value is -1.63. The predicted molar refractivity (Wildman–Crippen MR) is 120 cm³/mol. The minimum atomic E-state index is 0.309. The maximum Gasteiger partial charge on any atom is 0.165 e. The van der Waals surface area contributed by atoms with Crippen molar-refractivity contribution in [1.29, 1.82) is 0 Å². The summed E-state index contributed by atoms with van der Waals surface area (Å²) in [6, 6.07) is 6.77. The summed E-state index contributed by atoms with van der Waals surface area (Å²) in [7, 11) is 0. The van der Waals surface area contributed by atoms with Crippen LogP contribution in [0.1, 0.15) is 42.9 Å². The van der Waals surface area contributed by atoms with E-state index < -0.39 is 0 Å². The van der Waals surface area contributed by atoms with Crippen LogP contribution in [0, 0.1) is 13.8 Å². The quantitative estimate of drug-likeness (QED) is 0.615. The van der Waals surface area contributed by atoms with Gasteiger partial charge in [0, 0.05) is 50.4 Å². The zero-order valence-electron chi connectivity index (χ0n) is 17.7. The number of ether oxygens (including phenoxy) is 2. The summed E-state index contributed by atoms with van der Waals surface area (Å²) in [6.45, 7) is 11.3. The molecular formula is C23H31N3O2S. The number of rotatable bonds is 7. The van der Waals surface area contributed by atoms with E-state index in [4.69, 9.17) is 19.5 Å². The molecule has 5 nitrogen and oxygen atoms in total. The number of hydrogen-bond acceptors (Lipinski definition) is 5. The second-order valence-corrected chi connectivity index (χ2v) is 8.89. The van der Waals surface area contributed by atoms with Crippen LogP contribution < -0.4 is 0 Å². The Kier molecular flexibility index (Phi) is 6.73. The maximum atomic E-state index is 5.91. The molecule has 1 saturated heterocycles. The summed E-state index contributed by atoms with van der Waals surface area (Å²) < 4.78 is 11.4. The highest BCUT2D eigenvalue weighted by atomic mass is 32.2. The van der Waals surface area contributed by atoms with Crippen LogP contribution in [0.25, 0.3) is 10.9 Å². The van der Waals surface area contributed by atoms with Gasteiger partial charge in [-0.05, 0) is 69.5 Å². The van der Waals surface area contributed by atoms with E-state index in [9.17, 15) is 0 Å². The molecular weight excluding hydrogens is 382 g/mol. The zero-order chi connectivity index (χ0) is 20.2. The van der Waals surface area contributed by atoms with Crippen molar-refractivity contribution in [2.45, 2.75) is 57.7 Å². The van der Waals surface area contributed by atoms with Crippen molar-refractivity contribution < 1.29 is 9.47 Å². The van der Waals surface area contributed by atoms with E-state index in [2.05, 4.69) is 36.9 Å². The van der Waals surface area contributed by atoms with Gasteiger partial charge in [0.2, 0.25) is 0 Å². The van der Waals surface area contributed by atoms with Crippen LogP contribution in [0.4, 0.5) is 0 Å². The SMILES string of the molecule is CCOCCCN=C1Sc2nc3c(C)cc(C)cc3cc2CN1C[C@@H]1CCCO1. The number of hydrogen-bond donors (Lipinski definition) is 0. The fourth-order valence-electron chi connectivity index (χ4n) is 4.10. The van der Waals surface area contributed by atoms with Gasteiger partial charge in [0.05, 0.1) is 11.6 Å². The molecule has 0 aliphatic carbocycles. The van der Waals surface area contributed by atoms with Gasteiger partial charge in [0.1, 0.15) is 5.03 Å². The lowest BCUT2D eigenvalue weighted by molar-refractivity contribution is 0.0902. The average Bonchev–Trinajstić information content (AvgIpc) is 3.20. The van der Waals surface area contributed by atoms with Gasteiger partial charge in [0.25, 0.3) is 0 Å². The van der Waals surface area contributed by atoms with Crippen LogP contribution in [0.2, 0.25) is 0 Å². The van der Waals surface area contributed by atoms with Crippen molar-refractivity contribution in [2.24, 2.45) is 4.99 Å². The second-order valence-electron chi connectivity index (χ2n) is 7.94. The van der Waals surface area contributed by atoms with E-state index in [-0.39, 0.29) is 0 Å². The average molecular weight is 414 g/mol. The van der Waals surface area contributed by atoms with Crippen LogP contribution in [-0.2, 0) is 16.0 Å². The summed E-state index contributed by atoms with van der Waals surface area (Å²) in [4.78, 5) is 12.3. The van der Waals surface area contributed by atoms with Gasteiger partial charge in [-0.3, -0.25) is 4.99 Å². The molecule has 6 heteroatoms. The highest BCUT2D eigenvalue weighted by Crippen LogP contribution is 2.35. The molecule has 2 aromatic rings. The van der Waals surface area contributed by atoms with E-state index in [0.717, 1.165) is 74.4 Å². The van der Waals surface area contributed by atoms with Crippen molar-refractivity contribution in [2.75, 3.05) is 32.9 Å². The van der Waals surface area contributed by atoms with Gasteiger partial charge in [0.15, 0.2) is 5.17 Å². The Bertz CT molecular complexity index is 893. The Morgan fingerprint density at radius 1 is 1.31 bits per heavy atom. The number of fused-ring (bicyclic) bond motifs is 2. The third-order valence-electron chi connectivity index (χ3n) is 5.46. The standard InChI is InChI=1S/C23H31N3O2S/c1-4-27-9-6-8-24-23-26(15-20-7-5-10-28-20)14-19-13-18-12-16(2)11-17(3)21(18)25-22(19)29-23/h11-13,20H,4-10,14-15H2,1-3H3/t20-/m0/s1. The third-order valence-corrected chi connectivity index (χ3v) is 6.57. The lowest BCUT2D eigenvalue weighted by Gasteiger charge is -2.32. The Labute approximate surface area is 177 Å². The van der Waals surface area contributed by atoms with E-state index in [1.54, 1.807) is 11.8 Å². The van der Waals surface area contributed by atoms with Crippen molar-refractivity contribution in [1.82, 2.24) is 9.88 Å². The predicted octanol–water partition coefficient (Wildman–Crippen LogP) is 4.72. The van der Waals surface area contributed by atoms with Crippen molar-refractivity contribution in [3.05, 3.63) is 34.9 Å². The maximum absolute atomic E-state index is 5.91. The molecule has 29 heavy (non-hydrogen) atoms. The van der Waals surface area contributed by atoms with E-state index in [0.29, 0.717) is 6.10 Å². The van der Waals surface area contributed by atoms with Crippen molar-refractivity contribution in [3.8, 4) is 0 Å². The third kappa shape index (κ3) is 4.93. The Morgan fingerprint density at radius 2 is 2.21 bits per heavy atom. The van der Waals surface area contributed by atoms with Crippen LogP contribution >= 0.6 is 11.8 Å². The molecule has 0 spiro atoms. The minimum absolute atomic E-state index is 0.309. The number of thioether (sulfide) groups is 1. The fourth-order valence-corrected chi connectivity index (χ4v) is 5.09. The van der Waals surface area contributed by atoms with Crippen molar-refractivity contribution >= 4 is 27.8 Å². The molecule has 1 aromatic heterocycles. The summed E-state index contributed by atoms with van der Waals surface area (Å²) in [5.74, 6) is 0. The largest absolute Gasteiger partial charge is 0.382 e. The number of aromatic nitrogens is 1. The molecule has 4 rings (SSSR count). The molecule has 1 fully saturated rings. The monoisotopic (exact) mass is 413 g/mol. The second kappa shape index (κ2) is 9.45. The molecule has 2 aliphatic rings. The van der Waals surface area contributed by atoms with Gasteiger partial charge in [-0.25, -0.2) is 4.98 Å². The molecule has 0 amide bonds. The molecule has 156 valence electrons. The minimum Gasteiger partial charge on any atom is -0.382 e. The van der Waals surface area contributed by atoms with Crippen LogP contribution in [-0.4, -0.2) is 54.1 Å². The summed E-state index contributed by atoms with van der Waals surface area (Å²) in [5, 5.41) is 3.40. The van der Waals surface area contributed by atoms with Crippen LogP contribution in [0.3, 0.4) is 0 Å². The van der Waals surface area contributed by atoms with Crippen molar-refractivity contribution in [3.63, 3.8) is 0 Å². The molecule has 2 aliphatic heterocycles. The van der Waals surface area contributed by atoms with Gasteiger partial charge < -0.3 is 14.4 Å². The smallest absolute Gasteiger partial charge is 0.165 e. The molecule has 3 heterocycles.